The summed E-state index contributed by atoms with van der Waals surface area (Å²) < 4.78 is 11.7. The predicted molar refractivity (Wildman–Crippen MR) is 151 cm³/mol. The summed E-state index contributed by atoms with van der Waals surface area (Å²) in [4.78, 5) is 18.7. The summed E-state index contributed by atoms with van der Waals surface area (Å²) in [7, 11) is 0. The molecule has 8 heteroatoms. The summed E-state index contributed by atoms with van der Waals surface area (Å²) >= 11 is 0. The maximum atomic E-state index is 13.6. The van der Waals surface area contributed by atoms with Gasteiger partial charge in [-0.15, -0.1) is 0 Å². The molecule has 6 atom stereocenters. The minimum Gasteiger partial charge on any atom is -0.379 e. The molecule has 2 bridgehead atoms. The van der Waals surface area contributed by atoms with Crippen LogP contribution in [0.15, 0.2) is 24.3 Å². The summed E-state index contributed by atoms with van der Waals surface area (Å²) in [5.41, 5.74) is 9.92. The fourth-order valence-electron chi connectivity index (χ4n) is 8.59. The number of nitrogens with one attached hydrogen (secondary N) is 3. The molecule has 6 aliphatic rings. The summed E-state index contributed by atoms with van der Waals surface area (Å²) in [6.45, 7) is 6.43. The lowest BCUT2D eigenvalue weighted by Gasteiger charge is -2.48. The molecular weight excluding hydrogens is 490 g/mol. The standard InChI is InChI=1S/C31H47N5O3/c37-30(32-21-31(12-2-1-3-13-31)36-14-16-38-17-15-36)23-6-11-28-27(18-23)29(34-33-28)22-4-7-24(8-5-22)35-19-25-9-10-26(20-35)39-25/h4-5,7-8,23,25-29,33-34H,1-3,6,9-21H2,(H,32,37). The van der Waals surface area contributed by atoms with Crippen molar-refractivity contribution in [3.8, 4) is 0 Å². The van der Waals surface area contributed by atoms with Crippen molar-refractivity contribution in [3.63, 3.8) is 0 Å². The maximum Gasteiger partial charge on any atom is 0.223 e. The van der Waals surface area contributed by atoms with Crippen molar-refractivity contribution in [2.75, 3.05) is 50.8 Å². The van der Waals surface area contributed by atoms with E-state index in [9.17, 15) is 4.79 Å². The number of anilines is 1. The van der Waals surface area contributed by atoms with Gasteiger partial charge in [0.05, 0.1) is 31.5 Å². The van der Waals surface area contributed by atoms with E-state index in [-0.39, 0.29) is 23.4 Å². The van der Waals surface area contributed by atoms with Gasteiger partial charge >= 0.3 is 0 Å². The number of carbonyl (C=O) groups is 1. The average Bonchev–Trinajstić information content (AvgIpc) is 3.58. The number of fused-ring (bicyclic) bond motifs is 3. The molecule has 1 aromatic rings. The van der Waals surface area contributed by atoms with E-state index in [1.165, 1.54) is 56.2 Å². The first-order valence-electron chi connectivity index (χ1n) is 15.8. The normalized spacial score (nSPS) is 36.5. The minimum atomic E-state index is 0.101. The number of morpholine rings is 2. The lowest BCUT2D eigenvalue weighted by molar-refractivity contribution is -0.127. The zero-order chi connectivity index (χ0) is 26.2. The highest BCUT2D eigenvalue weighted by Crippen LogP contribution is 2.41. The van der Waals surface area contributed by atoms with Crippen LogP contribution < -0.4 is 21.1 Å². The minimum absolute atomic E-state index is 0.101. The number of ether oxygens (including phenoxy) is 2. The molecule has 3 N–H and O–H groups in total. The van der Waals surface area contributed by atoms with Crippen molar-refractivity contribution < 1.29 is 14.3 Å². The van der Waals surface area contributed by atoms with E-state index < -0.39 is 0 Å². The Hall–Kier alpha value is -1.71. The van der Waals surface area contributed by atoms with Crippen LogP contribution in [0.3, 0.4) is 0 Å². The summed E-state index contributed by atoms with van der Waals surface area (Å²) in [5.74, 6) is 0.806. The quantitative estimate of drug-likeness (QED) is 0.515. The average molecular weight is 538 g/mol. The Kier molecular flexibility index (Phi) is 7.58. The van der Waals surface area contributed by atoms with Crippen LogP contribution in [0.1, 0.15) is 75.8 Å². The Labute approximate surface area is 233 Å². The molecule has 0 spiro atoms. The van der Waals surface area contributed by atoms with Crippen molar-refractivity contribution in [1.82, 2.24) is 21.1 Å². The monoisotopic (exact) mass is 537 g/mol. The number of benzene rings is 1. The number of rotatable bonds is 6. The fourth-order valence-corrected chi connectivity index (χ4v) is 8.59. The molecule has 2 aliphatic carbocycles. The number of amides is 1. The molecule has 39 heavy (non-hydrogen) atoms. The molecule has 2 saturated carbocycles. The van der Waals surface area contributed by atoms with E-state index in [2.05, 4.69) is 50.2 Å². The zero-order valence-electron chi connectivity index (χ0n) is 23.4. The van der Waals surface area contributed by atoms with Crippen LogP contribution in [0.2, 0.25) is 0 Å². The van der Waals surface area contributed by atoms with Gasteiger partial charge in [0, 0.05) is 55.9 Å². The van der Waals surface area contributed by atoms with Crippen LogP contribution in [0.4, 0.5) is 5.69 Å². The highest BCUT2D eigenvalue weighted by Gasteiger charge is 2.44. The van der Waals surface area contributed by atoms with Gasteiger partial charge in [0.2, 0.25) is 5.91 Å². The second-order valence-corrected chi connectivity index (χ2v) is 13.1. The van der Waals surface area contributed by atoms with Crippen LogP contribution in [0.25, 0.3) is 0 Å². The molecule has 8 nitrogen and oxygen atoms in total. The van der Waals surface area contributed by atoms with E-state index in [1.807, 2.05) is 0 Å². The third kappa shape index (κ3) is 5.35. The Balaban J connectivity index is 0.978. The topological polar surface area (TPSA) is 78.1 Å². The zero-order valence-corrected chi connectivity index (χ0v) is 23.4. The Morgan fingerprint density at radius 1 is 0.949 bits per heavy atom. The van der Waals surface area contributed by atoms with Crippen molar-refractivity contribution >= 4 is 11.6 Å². The van der Waals surface area contributed by atoms with Gasteiger partial charge in [-0.25, -0.2) is 5.43 Å². The molecular formula is C31H47N5O3. The lowest BCUT2D eigenvalue weighted by Crippen LogP contribution is -2.60. The van der Waals surface area contributed by atoms with Crippen LogP contribution in [-0.4, -0.2) is 80.5 Å². The maximum absolute atomic E-state index is 13.6. The van der Waals surface area contributed by atoms with Gasteiger partial charge in [-0.3, -0.25) is 15.1 Å². The van der Waals surface area contributed by atoms with Gasteiger partial charge in [-0.1, -0.05) is 31.4 Å². The van der Waals surface area contributed by atoms with Crippen LogP contribution >= 0.6 is 0 Å². The summed E-state index contributed by atoms with van der Waals surface area (Å²) in [6.07, 6.45) is 12.4. The molecule has 7 rings (SSSR count). The number of carbonyl (C=O) groups excluding carboxylic acids is 1. The van der Waals surface area contributed by atoms with E-state index in [1.54, 1.807) is 0 Å². The molecule has 4 heterocycles. The molecule has 1 amide bonds. The van der Waals surface area contributed by atoms with Gasteiger partial charge in [0.25, 0.3) is 0 Å². The first-order chi connectivity index (χ1) is 19.2. The van der Waals surface area contributed by atoms with Crippen molar-refractivity contribution in [2.24, 2.45) is 11.8 Å². The number of hydrazine groups is 1. The Bertz CT molecular complexity index is 980. The van der Waals surface area contributed by atoms with Crippen molar-refractivity contribution in [3.05, 3.63) is 29.8 Å². The summed E-state index contributed by atoms with van der Waals surface area (Å²) in [5, 5.41) is 3.47. The third-order valence-corrected chi connectivity index (χ3v) is 10.8. The van der Waals surface area contributed by atoms with Crippen LogP contribution in [0, 0.1) is 11.8 Å². The molecule has 4 aliphatic heterocycles. The Morgan fingerprint density at radius 3 is 2.44 bits per heavy atom. The molecule has 0 aromatic heterocycles. The molecule has 6 unspecified atom stereocenters. The number of hydrogen-bond donors (Lipinski definition) is 3. The SMILES string of the molecule is O=C(NCC1(N2CCOCC2)CCCCC1)C1CCC2NNC(c3ccc(N4CC5CCC(C4)O5)cc3)C2C1. The third-order valence-electron chi connectivity index (χ3n) is 10.8. The largest absolute Gasteiger partial charge is 0.379 e. The van der Waals surface area contributed by atoms with Gasteiger partial charge < -0.3 is 19.7 Å². The smallest absolute Gasteiger partial charge is 0.223 e. The van der Waals surface area contributed by atoms with E-state index >= 15 is 0 Å². The molecule has 1 aromatic carbocycles. The van der Waals surface area contributed by atoms with Gasteiger partial charge in [-0.2, -0.15) is 0 Å². The van der Waals surface area contributed by atoms with Crippen LogP contribution in [-0.2, 0) is 14.3 Å². The first-order valence-corrected chi connectivity index (χ1v) is 15.8. The predicted octanol–water partition coefficient (Wildman–Crippen LogP) is 3.14. The van der Waals surface area contributed by atoms with Gasteiger partial charge in [-0.05, 0) is 68.6 Å². The molecule has 0 radical (unpaired) electrons. The van der Waals surface area contributed by atoms with Crippen LogP contribution in [0.5, 0.6) is 0 Å². The molecule has 214 valence electrons. The highest BCUT2D eigenvalue weighted by molar-refractivity contribution is 5.79. The second-order valence-electron chi connectivity index (χ2n) is 13.1. The van der Waals surface area contributed by atoms with E-state index in [0.717, 1.165) is 65.2 Å². The highest BCUT2D eigenvalue weighted by atomic mass is 16.5. The van der Waals surface area contributed by atoms with E-state index in [0.29, 0.717) is 24.2 Å². The van der Waals surface area contributed by atoms with Crippen molar-refractivity contribution in [1.29, 1.82) is 0 Å². The Morgan fingerprint density at radius 2 is 1.69 bits per heavy atom. The second kappa shape index (κ2) is 11.3. The lowest BCUT2D eigenvalue weighted by atomic mass is 9.74. The number of hydrogen-bond acceptors (Lipinski definition) is 7. The van der Waals surface area contributed by atoms with Gasteiger partial charge in [0.1, 0.15) is 0 Å². The molecule has 6 fully saturated rings. The molecule has 4 saturated heterocycles. The van der Waals surface area contributed by atoms with Crippen molar-refractivity contribution in [2.45, 2.75) is 94.0 Å². The first kappa shape index (κ1) is 26.2. The summed E-state index contributed by atoms with van der Waals surface area (Å²) in [6, 6.07) is 9.86. The number of nitrogens with zero attached hydrogens (tertiary/aromatic N) is 2. The van der Waals surface area contributed by atoms with E-state index in [4.69, 9.17) is 9.47 Å². The van der Waals surface area contributed by atoms with Gasteiger partial charge in [0.15, 0.2) is 0 Å². The fraction of sp³-hybridized carbons (Fsp3) is 0.774.